The summed E-state index contributed by atoms with van der Waals surface area (Å²) < 4.78 is 0. The monoisotopic (exact) mass is 362 g/mol. The van der Waals surface area contributed by atoms with Gasteiger partial charge in [0.1, 0.15) is 0 Å². The van der Waals surface area contributed by atoms with E-state index < -0.39 is 0 Å². The van der Waals surface area contributed by atoms with Crippen molar-refractivity contribution in [1.82, 2.24) is 9.80 Å². The first-order valence-corrected chi connectivity index (χ1v) is 9.63. The number of imide groups is 2. The van der Waals surface area contributed by atoms with Gasteiger partial charge in [-0.25, -0.2) is 0 Å². The molecule has 4 atom stereocenters. The van der Waals surface area contributed by atoms with Crippen LogP contribution in [-0.4, -0.2) is 46.0 Å². The van der Waals surface area contributed by atoms with Crippen molar-refractivity contribution in [3.05, 3.63) is 0 Å². The number of nitrogens with zero attached hydrogens (tertiary/aromatic N) is 2. The quantitative estimate of drug-likeness (QED) is 0.723. The Labute approximate surface area is 155 Å². The van der Waals surface area contributed by atoms with E-state index in [-0.39, 0.29) is 65.2 Å². The van der Waals surface area contributed by atoms with Crippen molar-refractivity contribution in [3.8, 4) is 0 Å². The third-order valence-electron chi connectivity index (χ3n) is 6.20. The van der Waals surface area contributed by atoms with E-state index in [2.05, 4.69) is 20.8 Å². The number of hydrogen-bond acceptors (Lipinski definition) is 4. The molecule has 6 nitrogen and oxygen atoms in total. The molecule has 0 N–H and O–H groups in total. The van der Waals surface area contributed by atoms with Crippen LogP contribution in [0.5, 0.6) is 0 Å². The highest BCUT2D eigenvalue weighted by atomic mass is 16.2. The molecule has 0 aromatic carbocycles. The second kappa shape index (κ2) is 6.17. The normalized spacial score (nSPS) is 37.8. The van der Waals surface area contributed by atoms with Crippen LogP contribution < -0.4 is 0 Å². The second-order valence-electron chi connectivity index (χ2n) is 9.84. The molecule has 3 fully saturated rings. The van der Waals surface area contributed by atoms with Crippen LogP contribution >= 0.6 is 0 Å². The SMILES string of the molecule is CC1CC(=O)N(CC2(C)CC(N3C(=O)CC(C)C3=O)CC(C)(C)C2)C1=O. The summed E-state index contributed by atoms with van der Waals surface area (Å²) in [4.78, 5) is 52.4. The van der Waals surface area contributed by atoms with Crippen molar-refractivity contribution < 1.29 is 19.2 Å². The van der Waals surface area contributed by atoms with Gasteiger partial charge in [-0.15, -0.1) is 0 Å². The van der Waals surface area contributed by atoms with E-state index in [1.54, 1.807) is 13.8 Å². The highest BCUT2D eigenvalue weighted by Gasteiger charge is 2.50. The number of amides is 4. The lowest BCUT2D eigenvalue weighted by Gasteiger charge is -2.49. The van der Waals surface area contributed by atoms with Crippen molar-refractivity contribution in [1.29, 1.82) is 0 Å². The summed E-state index contributed by atoms with van der Waals surface area (Å²) in [5.74, 6) is -0.873. The van der Waals surface area contributed by atoms with Gasteiger partial charge in [-0.1, -0.05) is 34.6 Å². The van der Waals surface area contributed by atoms with E-state index in [9.17, 15) is 19.2 Å². The Morgan fingerprint density at radius 1 is 0.885 bits per heavy atom. The lowest BCUT2D eigenvalue weighted by molar-refractivity contribution is -0.149. The highest BCUT2D eigenvalue weighted by Crippen LogP contribution is 2.49. The first-order valence-electron chi connectivity index (χ1n) is 9.63. The number of carbonyl (C=O) groups excluding carboxylic acids is 4. The molecule has 3 aliphatic rings. The lowest BCUT2D eigenvalue weighted by atomic mass is 9.62. The molecule has 2 aliphatic heterocycles. The molecule has 1 saturated carbocycles. The van der Waals surface area contributed by atoms with Gasteiger partial charge in [0.15, 0.2) is 0 Å². The van der Waals surface area contributed by atoms with Gasteiger partial charge in [-0.05, 0) is 30.1 Å². The van der Waals surface area contributed by atoms with Gasteiger partial charge in [-0.2, -0.15) is 0 Å². The predicted octanol–water partition coefficient (Wildman–Crippen LogP) is 2.36. The molecule has 6 heteroatoms. The van der Waals surface area contributed by atoms with Crippen LogP contribution in [0.1, 0.15) is 66.7 Å². The van der Waals surface area contributed by atoms with Crippen LogP contribution in [-0.2, 0) is 19.2 Å². The first-order chi connectivity index (χ1) is 11.9. The fraction of sp³-hybridized carbons (Fsp3) is 0.800. The summed E-state index contributed by atoms with van der Waals surface area (Å²) in [7, 11) is 0. The standard InChI is InChI=1S/C20H30N2O4/c1-12-6-15(23)21(17(12)25)11-20(5)9-14(8-19(3,4)10-20)22-16(24)7-13(2)18(22)26/h12-14H,6-11H2,1-5H3. The molecule has 0 aromatic rings. The molecule has 4 unspecified atom stereocenters. The van der Waals surface area contributed by atoms with Crippen molar-refractivity contribution in [3.63, 3.8) is 0 Å². The minimum Gasteiger partial charge on any atom is -0.282 e. The molecule has 0 bridgehead atoms. The third-order valence-corrected chi connectivity index (χ3v) is 6.20. The summed E-state index contributed by atoms with van der Waals surface area (Å²) in [6, 6.07) is -0.154. The zero-order chi connectivity index (χ0) is 19.4. The summed E-state index contributed by atoms with van der Waals surface area (Å²) in [5.41, 5.74) is -0.365. The van der Waals surface area contributed by atoms with Crippen molar-refractivity contribution in [2.75, 3.05) is 6.54 Å². The van der Waals surface area contributed by atoms with Crippen LogP contribution in [0.2, 0.25) is 0 Å². The molecule has 2 saturated heterocycles. The summed E-state index contributed by atoms with van der Waals surface area (Å²) in [6.45, 7) is 10.3. The molecule has 26 heavy (non-hydrogen) atoms. The van der Waals surface area contributed by atoms with Crippen molar-refractivity contribution in [2.45, 2.75) is 72.8 Å². The lowest BCUT2D eigenvalue weighted by Crippen LogP contribution is -2.52. The molecule has 0 spiro atoms. The van der Waals surface area contributed by atoms with Crippen LogP contribution in [0.3, 0.4) is 0 Å². The predicted molar refractivity (Wildman–Crippen MR) is 95.7 cm³/mol. The summed E-state index contributed by atoms with van der Waals surface area (Å²) in [6.07, 6.45) is 2.83. The molecule has 2 heterocycles. The van der Waals surface area contributed by atoms with E-state index in [1.807, 2.05) is 0 Å². The topological polar surface area (TPSA) is 74.8 Å². The van der Waals surface area contributed by atoms with Crippen LogP contribution in [0.4, 0.5) is 0 Å². The molecule has 144 valence electrons. The maximum atomic E-state index is 12.5. The van der Waals surface area contributed by atoms with Gasteiger partial charge in [0.25, 0.3) is 0 Å². The van der Waals surface area contributed by atoms with E-state index in [0.717, 1.165) is 12.8 Å². The Hall–Kier alpha value is -1.72. The van der Waals surface area contributed by atoms with Crippen molar-refractivity contribution >= 4 is 23.6 Å². The number of likely N-dealkylation sites (tertiary alicyclic amines) is 2. The number of hydrogen-bond donors (Lipinski definition) is 0. The molecular formula is C20H30N2O4. The summed E-state index contributed by atoms with van der Waals surface area (Å²) in [5, 5.41) is 0. The number of rotatable bonds is 3. The van der Waals surface area contributed by atoms with Crippen molar-refractivity contribution in [2.24, 2.45) is 22.7 Å². The van der Waals surface area contributed by atoms with Gasteiger partial charge < -0.3 is 0 Å². The molecular weight excluding hydrogens is 332 g/mol. The zero-order valence-corrected chi connectivity index (χ0v) is 16.5. The minimum atomic E-state index is -0.297. The molecule has 3 rings (SSSR count). The van der Waals surface area contributed by atoms with Gasteiger partial charge in [0.05, 0.1) is 0 Å². The van der Waals surface area contributed by atoms with E-state index in [1.165, 1.54) is 9.80 Å². The Balaban J connectivity index is 1.83. The third kappa shape index (κ3) is 3.30. The average Bonchev–Trinajstić information content (AvgIpc) is 2.86. The van der Waals surface area contributed by atoms with Crippen LogP contribution in [0.15, 0.2) is 0 Å². The van der Waals surface area contributed by atoms with Gasteiger partial charge in [0, 0.05) is 37.3 Å². The zero-order valence-electron chi connectivity index (χ0n) is 16.5. The van der Waals surface area contributed by atoms with E-state index in [0.29, 0.717) is 13.0 Å². The summed E-state index contributed by atoms with van der Waals surface area (Å²) >= 11 is 0. The Morgan fingerprint density at radius 3 is 1.96 bits per heavy atom. The molecule has 0 aromatic heterocycles. The fourth-order valence-electron chi connectivity index (χ4n) is 5.47. The van der Waals surface area contributed by atoms with Crippen LogP contribution in [0.25, 0.3) is 0 Å². The molecule has 0 radical (unpaired) electrons. The molecule has 4 amide bonds. The Kier molecular flexibility index (Phi) is 4.52. The fourth-order valence-corrected chi connectivity index (χ4v) is 5.47. The molecule has 1 aliphatic carbocycles. The smallest absolute Gasteiger partial charge is 0.232 e. The average molecular weight is 362 g/mol. The van der Waals surface area contributed by atoms with Gasteiger partial charge in [0.2, 0.25) is 23.6 Å². The Bertz CT molecular complexity index is 671. The minimum absolute atomic E-state index is 0.0680. The van der Waals surface area contributed by atoms with E-state index >= 15 is 0 Å². The van der Waals surface area contributed by atoms with E-state index in [4.69, 9.17) is 0 Å². The maximum absolute atomic E-state index is 12.5. The van der Waals surface area contributed by atoms with Gasteiger partial charge in [-0.3, -0.25) is 29.0 Å². The van der Waals surface area contributed by atoms with Gasteiger partial charge >= 0.3 is 0 Å². The maximum Gasteiger partial charge on any atom is 0.232 e. The largest absolute Gasteiger partial charge is 0.282 e. The first kappa shape index (κ1) is 19.1. The van der Waals surface area contributed by atoms with Crippen LogP contribution in [0, 0.1) is 22.7 Å². The highest BCUT2D eigenvalue weighted by molar-refractivity contribution is 6.04. The second-order valence-corrected chi connectivity index (χ2v) is 9.84. The Morgan fingerprint density at radius 2 is 1.46 bits per heavy atom. The number of carbonyl (C=O) groups is 4.